The minimum absolute atomic E-state index is 0. The zero-order chi connectivity index (χ0) is 20.6. The molecule has 0 aliphatic carbocycles. The van der Waals surface area contributed by atoms with Crippen LogP contribution >= 0.6 is 0 Å². The van der Waals surface area contributed by atoms with Crippen molar-refractivity contribution < 1.29 is 24.2 Å². The predicted molar refractivity (Wildman–Crippen MR) is 116 cm³/mol. The number of ether oxygens (including phenoxy) is 3. The second kappa shape index (κ2) is 11.0. The van der Waals surface area contributed by atoms with Gasteiger partial charge in [-0.25, -0.2) is 10.4 Å². The van der Waals surface area contributed by atoms with Crippen molar-refractivity contribution in [3.63, 3.8) is 0 Å². The van der Waals surface area contributed by atoms with E-state index in [0.29, 0.717) is 17.2 Å². The molecule has 3 rings (SSSR count). The Morgan fingerprint density at radius 3 is 2.27 bits per heavy atom. The molecular weight excluding hydrogens is 387 g/mol. The number of nitrogens with zero attached hydrogens (tertiary/aromatic N) is 2. The fourth-order valence-corrected chi connectivity index (χ4v) is 3.08. The smallest absolute Gasteiger partial charge is 0.315 e. The average Bonchev–Trinajstić information content (AvgIpc) is 3.29. The maximum atomic E-state index is 5.53. The molecule has 0 spiro atoms. The maximum absolute atomic E-state index is 5.53. The normalized spacial score (nSPS) is 13.9. The molecule has 1 aliphatic heterocycles. The van der Waals surface area contributed by atoms with Crippen LogP contribution in [-0.4, -0.2) is 46.1 Å². The summed E-state index contributed by atoms with van der Waals surface area (Å²) in [6.07, 6.45) is 2.08. The third-order valence-corrected chi connectivity index (χ3v) is 4.56. The van der Waals surface area contributed by atoms with Gasteiger partial charge in [-0.05, 0) is 36.3 Å². The minimum Gasteiger partial charge on any atom is -1.00 e. The van der Waals surface area contributed by atoms with E-state index in [9.17, 15) is 0 Å². The first-order valence-electron chi connectivity index (χ1n) is 9.41. The molecule has 0 atom stereocenters. The molecule has 7 nitrogen and oxygen atoms in total. The summed E-state index contributed by atoms with van der Waals surface area (Å²) in [5, 5.41) is 6.59. The highest BCUT2D eigenvalue weighted by atomic mass is 19.0. The summed E-state index contributed by atoms with van der Waals surface area (Å²) in [5.41, 5.74) is 6.77. The molecule has 1 aliphatic rings. The Labute approximate surface area is 175 Å². The number of rotatable bonds is 7. The van der Waals surface area contributed by atoms with Crippen LogP contribution in [0.3, 0.4) is 0 Å². The van der Waals surface area contributed by atoms with Crippen molar-refractivity contribution in [2.75, 3.05) is 34.4 Å². The van der Waals surface area contributed by atoms with Gasteiger partial charge in [0.1, 0.15) is 6.54 Å². The van der Waals surface area contributed by atoms with Gasteiger partial charge in [0.05, 0.1) is 33.6 Å². The van der Waals surface area contributed by atoms with Crippen molar-refractivity contribution in [2.24, 2.45) is 10.1 Å². The summed E-state index contributed by atoms with van der Waals surface area (Å²) in [4.78, 5) is 4.37. The van der Waals surface area contributed by atoms with Crippen LogP contribution in [0.25, 0.3) is 11.6 Å². The zero-order valence-corrected chi connectivity index (χ0v) is 17.6. The van der Waals surface area contributed by atoms with E-state index >= 15 is 0 Å². The second-order valence-corrected chi connectivity index (χ2v) is 6.45. The van der Waals surface area contributed by atoms with Crippen LogP contribution in [0.15, 0.2) is 52.6 Å². The molecule has 0 saturated carbocycles. The van der Waals surface area contributed by atoms with Crippen molar-refractivity contribution in [2.45, 2.75) is 6.92 Å². The first-order chi connectivity index (χ1) is 14.2. The first-order valence-corrected chi connectivity index (χ1v) is 9.41. The van der Waals surface area contributed by atoms with E-state index in [-0.39, 0.29) is 4.70 Å². The lowest BCUT2D eigenvalue weighted by molar-refractivity contribution is -0.531. The molecule has 0 aromatic heterocycles. The molecular formula is C22H27FN4O3. The molecule has 0 radical (unpaired) electrons. The number of nitrogens with one attached hydrogen (secondary N) is 1. The number of halogens is 1. The lowest BCUT2D eigenvalue weighted by Gasteiger charge is -2.16. The largest absolute Gasteiger partial charge is 1.00 e. The van der Waals surface area contributed by atoms with Crippen LogP contribution in [0.5, 0.6) is 17.2 Å². The molecule has 0 bridgehead atoms. The average molecular weight is 414 g/mol. The topological polar surface area (TPSA) is 81.0 Å². The Hall–Kier alpha value is -3.39. The molecule has 1 heterocycles. The van der Waals surface area contributed by atoms with Crippen molar-refractivity contribution in [1.29, 1.82) is 0 Å². The van der Waals surface area contributed by atoms with Crippen LogP contribution in [-0.2, 0) is 0 Å². The lowest BCUT2D eigenvalue weighted by atomic mass is 9.98. The van der Waals surface area contributed by atoms with Crippen LogP contribution < -0.4 is 29.7 Å². The number of aliphatic imine (C=N–C) groups is 1. The Morgan fingerprint density at radius 2 is 1.73 bits per heavy atom. The number of hydrogen-bond donors (Lipinski definition) is 2. The van der Waals surface area contributed by atoms with Crippen LogP contribution in [0.1, 0.15) is 18.1 Å². The number of quaternary nitrogens is 1. The fourth-order valence-electron chi connectivity index (χ4n) is 3.08. The maximum Gasteiger partial charge on any atom is 0.315 e. The number of guanidine groups is 1. The Balaban J connectivity index is 0.00000320. The molecule has 0 amide bonds. The van der Waals surface area contributed by atoms with Crippen LogP contribution in [0.4, 0.5) is 0 Å². The van der Waals surface area contributed by atoms with Gasteiger partial charge in [-0.15, -0.1) is 0 Å². The Bertz CT molecular complexity index is 918. The summed E-state index contributed by atoms with van der Waals surface area (Å²) < 4.78 is 16.5. The predicted octanol–water partition coefficient (Wildman–Crippen LogP) is -0.844. The first kappa shape index (κ1) is 22.9. The molecule has 0 unspecified atom stereocenters. The second-order valence-electron chi connectivity index (χ2n) is 6.45. The van der Waals surface area contributed by atoms with Gasteiger partial charge < -0.3 is 18.9 Å². The van der Waals surface area contributed by atoms with E-state index < -0.39 is 0 Å². The quantitative estimate of drug-likeness (QED) is 0.352. The lowest BCUT2D eigenvalue weighted by Crippen LogP contribution is -3.00. The van der Waals surface area contributed by atoms with Crippen molar-refractivity contribution >= 4 is 23.3 Å². The Kier molecular flexibility index (Phi) is 8.37. The molecule has 8 heteroatoms. The van der Waals surface area contributed by atoms with Gasteiger partial charge in [-0.2, -0.15) is 5.10 Å². The van der Waals surface area contributed by atoms with E-state index in [1.807, 2.05) is 54.7 Å². The van der Waals surface area contributed by atoms with Crippen molar-refractivity contribution in [3.8, 4) is 17.2 Å². The van der Waals surface area contributed by atoms with E-state index in [4.69, 9.17) is 14.2 Å². The summed E-state index contributed by atoms with van der Waals surface area (Å²) in [7, 11) is 4.81. The van der Waals surface area contributed by atoms with Gasteiger partial charge in [0.25, 0.3) is 0 Å². The van der Waals surface area contributed by atoms with Crippen LogP contribution in [0, 0.1) is 0 Å². The molecule has 2 aromatic rings. The molecule has 3 N–H and O–H groups in total. The van der Waals surface area contributed by atoms with E-state index in [1.54, 1.807) is 21.3 Å². The van der Waals surface area contributed by atoms with Gasteiger partial charge in [0.15, 0.2) is 11.5 Å². The number of methoxy groups -OCH3 is 3. The minimum atomic E-state index is 0. The van der Waals surface area contributed by atoms with Gasteiger partial charge in [0.2, 0.25) is 5.75 Å². The van der Waals surface area contributed by atoms with Gasteiger partial charge >= 0.3 is 5.96 Å². The molecule has 0 fully saturated rings. The fraction of sp³-hybridized carbons (Fsp3) is 0.273. The number of benzene rings is 2. The highest BCUT2D eigenvalue weighted by Crippen LogP contribution is 2.40. The molecule has 30 heavy (non-hydrogen) atoms. The standard InChI is InChI=1S/C22H26N4O3.FH/c1-15(25-26-22-23-10-11-24-22)18(12-16-8-6-5-7-9-16)17-13-19(27-2)21(29-4)20(14-17)28-3;/h5-9,12-14H,10-11H2,1-4H3,(H2,23,24,26);1H/b18-12-,25-15+;. The third kappa shape index (κ3) is 5.36. The third-order valence-electron chi connectivity index (χ3n) is 4.56. The highest BCUT2D eigenvalue weighted by Gasteiger charge is 2.17. The van der Waals surface area contributed by atoms with E-state index in [0.717, 1.165) is 41.5 Å². The van der Waals surface area contributed by atoms with Crippen LogP contribution in [0.2, 0.25) is 0 Å². The van der Waals surface area contributed by atoms with Crippen molar-refractivity contribution in [3.05, 3.63) is 53.6 Å². The van der Waals surface area contributed by atoms with Gasteiger partial charge in [-0.1, -0.05) is 30.3 Å². The molecule has 160 valence electrons. The summed E-state index contributed by atoms with van der Waals surface area (Å²) in [6.45, 7) is 3.70. The van der Waals surface area contributed by atoms with E-state index in [2.05, 4.69) is 21.6 Å². The number of hydrazone groups is 1. The summed E-state index contributed by atoms with van der Waals surface area (Å²) >= 11 is 0. The van der Waals surface area contributed by atoms with Gasteiger partial charge in [-0.3, -0.25) is 5.32 Å². The summed E-state index contributed by atoms with van der Waals surface area (Å²) in [5.74, 6) is 2.54. The molecule has 0 saturated heterocycles. The Morgan fingerprint density at radius 1 is 1.07 bits per heavy atom. The number of allylic oxidation sites excluding steroid dienone is 1. The van der Waals surface area contributed by atoms with Gasteiger partial charge in [0, 0.05) is 5.57 Å². The highest BCUT2D eigenvalue weighted by molar-refractivity contribution is 6.27. The summed E-state index contributed by atoms with van der Waals surface area (Å²) in [6, 6.07) is 14.0. The SMILES string of the molecule is COc1cc(C(=C\c2ccccc2)/C(C)=N/NC2=NCC[NH2+]2)cc(OC)c1OC.[F-]. The zero-order valence-electron chi connectivity index (χ0n) is 17.6. The van der Waals surface area contributed by atoms with E-state index in [1.165, 1.54) is 0 Å². The molecule has 2 aromatic carbocycles. The number of nitrogens with two attached hydrogens (primary N) is 1. The monoisotopic (exact) mass is 414 g/mol. The van der Waals surface area contributed by atoms with Crippen molar-refractivity contribution in [1.82, 2.24) is 5.43 Å². The number of hydrogen-bond acceptors (Lipinski definition) is 6.